The minimum absolute atomic E-state index is 0. The van der Waals surface area contributed by atoms with Gasteiger partial charge in [-0.1, -0.05) is 30.3 Å². The van der Waals surface area contributed by atoms with E-state index in [1.807, 2.05) is 41.9 Å². The number of halogens is 1. The average Bonchev–Trinajstić information content (AvgIpc) is 3.36. The summed E-state index contributed by atoms with van der Waals surface area (Å²) in [6.45, 7) is 4.23. The lowest BCUT2D eigenvalue weighted by molar-refractivity contribution is 0.397. The van der Waals surface area contributed by atoms with Crippen molar-refractivity contribution in [2.75, 3.05) is 6.54 Å². The molecule has 3 aromatic rings. The number of hydrogen-bond acceptors (Lipinski definition) is 4. The van der Waals surface area contributed by atoms with Crippen LogP contribution in [0.3, 0.4) is 0 Å². The summed E-state index contributed by atoms with van der Waals surface area (Å²) in [4.78, 5) is 9.41. The van der Waals surface area contributed by atoms with Crippen LogP contribution in [0.5, 0.6) is 0 Å². The summed E-state index contributed by atoms with van der Waals surface area (Å²) in [7, 11) is 0. The Labute approximate surface area is 188 Å². The van der Waals surface area contributed by atoms with Crippen LogP contribution in [-0.4, -0.2) is 27.3 Å². The molecule has 2 N–H and O–H groups in total. The summed E-state index contributed by atoms with van der Waals surface area (Å²) in [6.07, 6.45) is 4.60. The Morgan fingerprint density at radius 3 is 2.90 bits per heavy atom. The molecule has 1 unspecified atom stereocenters. The first-order valence-corrected chi connectivity index (χ1v) is 9.80. The fraction of sp³-hybridized carbons (Fsp3) is 0.381. The number of nitrogens with zero attached hydrogens (tertiary/aromatic N) is 4. The molecular formula is C21H27IN6O. The second-order valence-corrected chi connectivity index (χ2v) is 6.99. The van der Waals surface area contributed by atoms with Gasteiger partial charge in [-0.25, -0.2) is 14.7 Å². The second kappa shape index (κ2) is 10.4. The number of benzene rings is 1. The van der Waals surface area contributed by atoms with E-state index in [2.05, 4.69) is 32.8 Å². The van der Waals surface area contributed by atoms with Crippen LogP contribution in [-0.2, 0) is 19.5 Å². The van der Waals surface area contributed by atoms with Gasteiger partial charge in [0.05, 0.1) is 18.8 Å². The lowest BCUT2D eigenvalue weighted by atomic mass is 10.1. The lowest BCUT2D eigenvalue weighted by Gasteiger charge is -2.25. The van der Waals surface area contributed by atoms with Gasteiger partial charge in [-0.05, 0) is 37.5 Å². The van der Waals surface area contributed by atoms with Gasteiger partial charge in [-0.2, -0.15) is 5.10 Å². The van der Waals surface area contributed by atoms with Crippen molar-refractivity contribution >= 4 is 29.9 Å². The first kappa shape index (κ1) is 21.4. The van der Waals surface area contributed by atoms with Gasteiger partial charge in [0, 0.05) is 19.5 Å². The molecule has 0 saturated carbocycles. The van der Waals surface area contributed by atoms with E-state index in [0.717, 1.165) is 55.7 Å². The number of furan rings is 1. The van der Waals surface area contributed by atoms with Crippen molar-refractivity contribution in [3.63, 3.8) is 0 Å². The third kappa shape index (κ3) is 5.81. The summed E-state index contributed by atoms with van der Waals surface area (Å²) in [5, 5.41) is 11.5. The Morgan fingerprint density at radius 2 is 2.10 bits per heavy atom. The molecule has 2 aromatic heterocycles. The van der Waals surface area contributed by atoms with E-state index in [4.69, 9.17) is 9.41 Å². The Hall–Kier alpha value is -2.36. The molecule has 3 heterocycles. The maximum Gasteiger partial charge on any atom is 0.192 e. The number of aliphatic imine (C=N–C) groups is 1. The molecule has 1 aliphatic heterocycles. The van der Waals surface area contributed by atoms with Crippen molar-refractivity contribution in [3.8, 4) is 0 Å². The van der Waals surface area contributed by atoms with E-state index < -0.39 is 0 Å². The number of aryl methyl sites for hydroxylation is 2. The smallest absolute Gasteiger partial charge is 0.192 e. The third-order valence-electron chi connectivity index (χ3n) is 4.80. The van der Waals surface area contributed by atoms with Crippen LogP contribution in [0.2, 0.25) is 0 Å². The van der Waals surface area contributed by atoms with Crippen molar-refractivity contribution in [1.29, 1.82) is 0 Å². The van der Waals surface area contributed by atoms with Gasteiger partial charge < -0.3 is 15.1 Å². The Morgan fingerprint density at radius 1 is 1.24 bits per heavy atom. The predicted octanol–water partition coefficient (Wildman–Crippen LogP) is 3.61. The fourth-order valence-electron chi connectivity index (χ4n) is 3.44. The molecule has 7 nitrogen and oxygen atoms in total. The van der Waals surface area contributed by atoms with Crippen LogP contribution in [0.1, 0.15) is 41.9 Å². The Kier molecular flexibility index (Phi) is 7.68. The minimum Gasteiger partial charge on any atom is -0.469 e. The molecular weight excluding hydrogens is 479 g/mol. The molecule has 0 spiro atoms. The molecule has 0 saturated heterocycles. The number of aromatic nitrogens is 3. The zero-order valence-electron chi connectivity index (χ0n) is 16.5. The molecule has 4 rings (SSSR count). The van der Waals surface area contributed by atoms with Crippen molar-refractivity contribution < 1.29 is 4.42 Å². The minimum atomic E-state index is 0. The Bertz CT molecular complexity index is 907. The number of rotatable bonds is 6. The van der Waals surface area contributed by atoms with Crippen LogP contribution in [0.15, 0.2) is 58.1 Å². The van der Waals surface area contributed by atoms with E-state index in [-0.39, 0.29) is 30.0 Å². The molecule has 0 radical (unpaired) electrons. The highest BCUT2D eigenvalue weighted by atomic mass is 127. The summed E-state index contributed by atoms with van der Waals surface area (Å²) in [5.74, 6) is 3.55. The number of fused-ring (bicyclic) bond motifs is 1. The maximum absolute atomic E-state index is 5.42. The van der Waals surface area contributed by atoms with E-state index in [1.165, 1.54) is 5.56 Å². The summed E-state index contributed by atoms with van der Waals surface area (Å²) in [6, 6.07) is 14.3. The fourth-order valence-corrected chi connectivity index (χ4v) is 3.44. The summed E-state index contributed by atoms with van der Waals surface area (Å²) >= 11 is 0. The predicted molar refractivity (Wildman–Crippen MR) is 123 cm³/mol. The monoisotopic (exact) mass is 506 g/mol. The van der Waals surface area contributed by atoms with Gasteiger partial charge in [-0.3, -0.25) is 0 Å². The van der Waals surface area contributed by atoms with Crippen molar-refractivity contribution in [1.82, 2.24) is 25.4 Å². The van der Waals surface area contributed by atoms with Gasteiger partial charge in [0.25, 0.3) is 0 Å². The maximum atomic E-state index is 5.42. The number of guanidine groups is 1. The van der Waals surface area contributed by atoms with Crippen molar-refractivity contribution in [2.24, 2.45) is 4.99 Å². The molecule has 0 bridgehead atoms. The van der Waals surface area contributed by atoms with E-state index in [1.54, 1.807) is 6.26 Å². The van der Waals surface area contributed by atoms with Gasteiger partial charge in [0.2, 0.25) is 0 Å². The van der Waals surface area contributed by atoms with E-state index in [0.29, 0.717) is 6.54 Å². The molecule has 1 aromatic carbocycles. The average molecular weight is 506 g/mol. The molecule has 1 aliphatic rings. The quantitative estimate of drug-likeness (QED) is 0.304. The zero-order chi connectivity index (χ0) is 19.2. The number of hydrogen-bond donors (Lipinski definition) is 2. The molecule has 0 amide bonds. The van der Waals surface area contributed by atoms with Crippen molar-refractivity contribution in [2.45, 2.75) is 45.3 Å². The third-order valence-corrected chi connectivity index (χ3v) is 4.80. The first-order valence-electron chi connectivity index (χ1n) is 9.80. The normalized spacial score (nSPS) is 16.0. The van der Waals surface area contributed by atoms with Crippen LogP contribution in [0.4, 0.5) is 0 Å². The van der Waals surface area contributed by atoms with E-state index >= 15 is 0 Å². The molecule has 0 fully saturated rings. The highest BCUT2D eigenvalue weighted by molar-refractivity contribution is 14.0. The van der Waals surface area contributed by atoms with Gasteiger partial charge in [0.15, 0.2) is 5.96 Å². The van der Waals surface area contributed by atoms with Gasteiger partial charge >= 0.3 is 0 Å². The summed E-state index contributed by atoms with van der Waals surface area (Å²) in [5.41, 5.74) is 1.18. The Balaban J connectivity index is 0.00000240. The van der Waals surface area contributed by atoms with E-state index in [9.17, 15) is 0 Å². The number of nitrogens with one attached hydrogen (secondary N) is 2. The highest BCUT2D eigenvalue weighted by Crippen LogP contribution is 2.22. The molecule has 1 atom stereocenters. The molecule has 29 heavy (non-hydrogen) atoms. The zero-order valence-corrected chi connectivity index (χ0v) is 18.9. The largest absolute Gasteiger partial charge is 0.469 e. The molecule has 8 heteroatoms. The first-order chi connectivity index (χ1) is 13.8. The van der Waals surface area contributed by atoms with Crippen LogP contribution in [0.25, 0.3) is 0 Å². The summed E-state index contributed by atoms with van der Waals surface area (Å²) < 4.78 is 7.43. The lowest BCUT2D eigenvalue weighted by Crippen LogP contribution is -2.42. The van der Waals surface area contributed by atoms with Crippen LogP contribution in [0, 0.1) is 6.92 Å². The molecule has 0 aliphatic carbocycles. The van der Waals surface area contributed by atoms with Crippen LogP contribution < -0.4 is 10.6 Å². The van der Waals surface area contributed by atoms with Crippen molar-refractivity contribution in [3.05, 3.63) is 71.7 Å². The molecule has 154 valence electrons. The highest BCUT2D eigenvalue weighted by Gasteiger charge is 2.24. The standard InChI is InChI=1S/C21H26N6O.HI/c1-16-24-20-19(10-5-13-27(20)26-16)25-21(22-12-11-18-9-6-14-28-18)23-15-17-7-3-2-4-8-17;/h2-4,6-9,14,19H,5,10-13,15H2,1H3,(H2,22,23,25);1H. The van der Waals surface area contributed by atoms with Gasteiger partial charge in [-0.15, -0.1) is 24.0 Å². The second-order valence-electron chi connectivity index (χ2n) is 6.99. The topological polar surface area (TPSA) is 80.3 Å². The SMILES string of the molecule is Cc1nc2n(n1)CCCC2NC(=NCc1ccccc1)NCCc1ccco1.I. The van der Waals surface area contributed by atoms with Gasteiger partial charge in [0.1, 0.15) is 17.4 Å². The van der Waals surface area contributed by atoms with Crippen LogP contribution >= 0.6 is 24.0 Å².